The van der Waals surface area contributed by atoms with Crippen molar-refractivity contribution in [3.05, 3.63) is 53.9 Å². The first-order valence-corrected chi connectivity index (χ1v) is 14.4. The van der Waals surface area contributed by atoms with Crippen LogP contribution in [0.2, 0.25) is 0 Å². The van der Waals surface area contributed by atoms with Gasteiger partial charge in [-0.1, -0.05) is 33.3 Å². The monoisotopic (exact) mass is 563 g/mol. The molecule has 2 aliphatic rings. The summed E-state index contributed by atoms with van der Waals surface area (Å²) in [6.07, 6.45) is 6.82. The van der Waals surface area contributed by atoms with E-state index in [1.54, 1.807) is 30.5 Å². The van der Waals surface area contributed by atoms with Crippen LogP contribution in [0.4, 0.5) is 11.4 Å². The average molecular weight is 564 g/mol. The number of benzene rings is 1. The molecule has 1 unspecified atom stereocenters. The number of nitrogens with one attached hydrogen (secondary N) is 2. The Morgan fingerprint density at radius 2 is 1.83 bits per heavy atom. The highest BCUT2D eigenvalue weighted by atomic mass is 16.4. The topological polar surface area (TPSA) is 132 Å². The predicted molar refractivity (Wildman–Crippen MR) is 157 cm³/mol. The molecule has 1 aromatic heterocycles. The van der Waals surface area contributed by atoms with E-state index in [9.17, 15) is 24.3 Å². The van der Waals surface area contributed by atoms with Crippen LogP contribution >= 0.6 is 0 Å². The van der Waals surface area contributed by atoms with Crippen LogP contribution in [0.5, 0.6) is 0 Å². The van der Waals surface area contributed by atoms with Crippen LogP contribution in [-0.2, 0) is 14.4 Å². The Hall–Kier alpha value is -3.95. The number of pyridine rings is 1. The molecular formula is C31H41N5O5. The molecule has 2 heterocycles. The standard InChI is InChI=1S/C31H41N5O5/c1-31(2,3)19-27(37)36-14-6-13-35(15-16-36)26-11-10-22(17-25(26)34-29(40)21-7-4-8-21)30(41)33-24(18-28(38)39)23-9-5-12-32-20-23/h5,9-12,17,20-21,24H,4,6-8,13-16,18-19H2,1-3H3,(H,33,41)(H,34,40)(H,38,39). The van der Waals surface area contributed by atoms with Crippen molar-refractivity contribution in [3.63, 3.8) is 0 Å². The van der Waals surface area contributed by atoms with Gasteiger partial charge in [0.15, 0.2) is 0 Å². The van der Waals surface area contributed by atoms with Crippen molar-refractivity contribution in [2.45, 2.75) is 65.3 Å². The van der Waals surface area contributed by atoms with Gasteiger partial charge in [0.2, 0.25) is 11.8 Å². The van der Waals surface area contributed by atoms with Gasteiger partial charge in [0.05, 0.1) is 23.8 Å². The highest BCUT2D eigenvalue weighted by Gasteiger charge is 2.28. The zero-order valence-electron chi connectivity index (χ0n) is 24.2. The molecule has 10 nitrogen and oxygen atoms in total. The first-order chi connectivity index (χ1) is 19.5. The van der Waals surface area contributed by atoms with Gasteiger partial charge in [-0.15, -0.1) is 0 Å². The summed E-state index contributed by atoms with van der Waals surface area (Å²) < 4.78 is 0. The zero-order chi connectivity index (χ0) is 29.6. The van der Waals surface area contributed by atoms with Crippen molar-refractivity contribution in [2.75, 3.05) is 36.4 Å². The van der Waals surface area contributed by atoms with Gasteiger partial charge in [0.1, 0.15) is 0 Å². The fourth-order valence-corrected chi connectivity index (χ4v) is 5.18. The van der Waals surface area contributed by atoms with E-state index in [0.29, 0.717) is 49.4 Å². The molecule has 220 valence electrons. The lowest BCUT2D eigenvalue weighted by atomic mass is 9.85. The number of rotatable bonds is 9. The summed E-state index contributed by atoms with van der Waals surface area (Å²) in [6.45, 7) is 8.75. The number of amides is 3. The maximum atomic E-state index is 13.3. The van der Waals surface area contributed by atoms with E-state index in [1.165, 1.54) is 6.20 Å². The van der Waals surface area contributed by atoms with Crippen LogP contribution in [0.3, 0.4) is 0 Å². The number of carboxylic acids is 1. The van der Waals surface area contributed by atoms with Crippen LogP contribution in [0, 0.1) is 11.3 Å². The van der Waals surface area contributed by atoms with Crippen molar-refractivity contribution in [3.8, 4) is 0 Å². The van der Waals surface area contributed by atoms with E-state index in [-0.39, 0.29) is 29.6 Å². The Morgan fingerprint density at radius 1 is 1.05 bits per heavy atom. The Bertz CT molecular complexity index is 1260. The van der Waals surface area contributed by atoms with Crippen LogP contribution in [0.1, 0.15) is 81.3 Å². The van der Waals surface area contributed by atoms with E-state index in [2.05, 4.69) is 41.3 Å². The molecule has 0 radical (unpaired) electrons. The van der Waals surface area contributed by atoms with Gasteiger partial charge < -0.3 is 25.5 Å². The molecule has 2 fully saturated rings. The summed E-state index contributed by atoms with van der Waals surface area (Å²) in [5, 5.41) is 15.3. The molecule has 1 atom stereocenters. The van der Waals surface area contributed by atoms with Crippen molar-refractivity contribution >= 4 is 35.1 Å². The molecule has 3 N–H and O–H groups in total. The minimum Gasteiger partial charge on any atom is -0.481 e. The predicted octanol–water partition coefficient (Wildman–Crippen LogP) is 4.24. The summed E-state index contributed by atoms with van der Waals surface area (Å²) in [5.41, 5.74) is 2.16. The molecule has 1 saturated heterocycles. The summed E-state index contributed by atoms with van der Waals surface area (Å²) in [5.74, 6) is -1.44. The van der Waals surface area contributed by atoms with Crippen molar-refractivity contribution in [2.24, 2.45) is 11.3 Å². The number of carbonyl (C=O) groups excluding carboxylic acids is 3. The number of anilines is 2. The quantitative estimate of drug-likeness (QED) is 0.416. The second kappa shape index (κ2) is 13.1. The van der Waals surface area contributed by atoms with Gasteiger partial charge in [-0.3, -0.25) is 24.2 Å². The lowest BCUT2D eigenvalue weighted by molar-refractivity contribution is -0.137. The number of hydrogen-bond donors (Lipinski definition) is 3. The minimum atomic E-state index is -1.04. The number of aromatic nitrogens is 1. The highest BCUT2D eigenvalue weighted by molar-refractivity contribution is 6.01. The van der Waals surface area contributed by atoms with Crippen LogP contribution in [-0.4, -0.2) is 64.9 Å². The third-order valence-corrected chi connectivity index (χ3v) is 7.63. The van der Waals surface area contributed by atoms with Crippen molar-refractivity contribution in [1.82, 2.24) is 15.2 Å². The second-order valence-electron chi connectivity index (χ2n) is 12.2. The normalized spacial score (nSPS) is 16.8. The lowest BCUT2D eigenvalue weighted by Gasteiger charge is -2.29. The first-order valence-electron chi connectivity index (χ1n) is 14.4. The van der Waals surface area contributed by atoms with E-state index in [0.717, 1.165) is 31.4 Å². The molecule has 0 bridgehead atoms. The molecule has 0 spiro atoms. The Labute approximate surface area is 241 Å². The van der Waals surface area contributed by atoms with Gasteiger partial charge in [-0.05, 0) is 54.5 Å². The highest BCUT2D eigenvalue weighted by Crippen LogP contribution is 2.33. The number of carbonyl (C=O) groups is 4. The van der Waals surface area contributed by atoms with Crippen molar-refractivity contribution < 1.29 is 24.3 Å². The smallest absolute Gasteiger partial charge is 0.305 e. The second-order valence-corrected chi connectivity index (χ2v) is 12.2. The number of hydrogen-bond acceptors (Lipinski definition) is 6. The maximum Gasteiger partial charge on any atom is 0.305 e. The van der Waals surface area contributed by atoms with Crippen LogP contribution < -0.4 is 15.5 Å². The van der Waals surface area contributed by atoms with Crippen molar-refractivity contribution in [1.29, 1.82) is 0 Å². The molecule has 10 heteroatoms. The molecule has 2 aromatic rings. The molecule has 1 aliphatic heterocycles. The lowest BCUT2D eigenvalue weighted by Crippen LogP contribution is -2.37. The van der Waals surface area contributed by atoms with Gasteiger partial charge in [0.25, 0.3) is 5.91 Å². The molecule has 3 amide bonds. The van der Waals surface area contributed by atoms with E-state index >= 15 is 0 Å². The fourth-order valence-electron chi connectivity index (χ4n) is 5.18. The minimum absolute atomic E-state index is 0.0412. The van der Waals surface area contributed by atoms with Crippen LogP contribution in [0.25, 0.3) is 0 Å². The number of nitrogens with zero attached hydrogens (tertiary/aromatic N) is 3. The van der Waals surface area contributed by atoms with E-state index in [1.807, 2.05) is 11.0 Å². The summed E-state index contributed by atoms with van der Waals surface area (Å²) in [7, 11) is 0. The van der Waals surface area contributed by atoms with Gasteiger partial charge in [-0.25, -0.2) is 0 Å². The van der Waals surface area contributed by atoms with Gasteiger partial charge in [-0.2, -0.15) is 0 Å². The zero-order valence-corrected chi connectivity index (χ0v) is 24.2. The third kappa shape index (κ3) is 8.28. The molecule has 1 aromatic carbocycles. The Morgan fingerprint density at radius 3 is 2.46 bits per heavy atom. The van der Waals surface area contributed by atoms with Crippen LogP contribution in [0.15, 0.2) is 42.7 Å². The molecular weight excluding hydrogens is 522 g/mol. The molecule has 41 heavy (non-hydrogen) atoms. The Balaban J connectivity index is 1.55. The fraction of sp³-hybridized carbons (Fsp3) is 0.516. The SMILES string of the molecule is CC(C)(C)CC(=O)N1CCCN(c2ccc(C(=O)NC(CC(=O)O)c3cccnc3)cc2NC(=O)C2CCC2)CC1. The molecule has 1 aliphatic carbocycles. The Kier molecular flexibility index (Phi) is 9.62. The largest absolute Gasteiger partial charge is 0.481 e. The summed E-state index contributed by atoms with van der Waals surface area (Å²) in [4.78, 5) is 58.8. The summed E-state index contributed by atoms with van der Waals surface area (Å²) in [6, 6.07) is 7.84. The van der Waals surface area contributed by atoms with E-state index < -0.39 is 17.9 Å². The average Bonchev–Trinajstić information content (AvgIpc) is 3.13. The first kappa shape index (κ1) is 30.0. The van der Waals surface area contributed by atoms with E-state index in [4.69, 9.17) is 0 Å². The van der Waals surface area contributed by atoms with Gasteiger partial charge >= 0.3 is 5.97 Å². The number of carboxylic acid groups (broad SMARTS) is 1. The molecule has 1 saturated carbocycles. The summed E-state index contributed by atoms with van der Waals surface area (Å²) >= 11 is 0. The third-order valence-electron chi connectivity index (χ3n) is 7.63. The number of aliphatic carboxylic acids is 1. The maximum absolute atomic E-state index is 13.3. The van der Waals surface area contributed by atoms with Gasteiger partial charge in [0, 0.05) is 56.5 Å². The molecule has 4 rings (SSSR count).